The number of carboxylic acid groups (broad SMARTS) is 1. The first kappa shape index (κ1) is 50.0. The summed E-state index contributed by atoms with van der Waals surface area (Å²) < 4.78 is 15.7. The van der Waals surface area contributed by atoms with Crippen LogP contribution in [0.3, 0.4) is 0 Å². The van der Waals surface area contributed by atoms with Gasteiger partial charge in [-0.05, 0) is 62.1 Å². The number of benzene rings is 1. The van der Waals surface area contributed by atoms with Crippen LogP contribution in [0.5, 0.6) is 5.75 Å². The Morgan fingerprint density at radius 1 is 0.847 bits per heavy atom. The van der Waals surface area contributed by atoms with E-state index in [1.54, 1.807) is 27.7 Å². The van der Waals surface area contributed by atoms with E-state index < -0.39 is 110 Å². The number of carbonyl (C=O) groups excluding carboxylic acids is 7. The molecule has 7 atom stereocenters. The maximum atomic E-state index is 14.1. The highest BCUT2D eigenvalue weighted by molar-refractivity contribution is 7.46. The molecule has 1 fully saturated rings. The van der Waals surface area contributed by atoms with Gasteiger partial charge in [0.1, 0.15) is 42.0 Å². The van der Waals surface area contributed by atoms with Gasteiger partial charge in [0.25, 0.3) is 0 Å². The predicted molar refractivity (Wildman–Crippen MR) is 208 cm³/mol. The molecule has 13 N–H and O–H groups in total. The van der Waals surface area contributed by atoms with E-state index in [2.05, 4.69) is 31.1 Å². The number of phosphoric acid groups is 1. The second-order valence-corrected chi connectivity index (χ2v) is 16.2. The van der Waals surface area contributed by atoms with Crippen molar-refractivity contribution in [1.29, 1.82) is 0 Å². The summed E-state index contributed by atoms with van der Waals surface area (Å²) in [6.07, 6.45) is -1.78. The molecule has 7 amide bonds. The Labute approximate surface area is 341 Å². The van der Waals surface area contributed by atoms with Crippen LogP contribution in [-0.2, 0) is 49.3 Å². The van der Waals surface area contributed by atoms with E-state index in [1.165, 1.54) is 36.1 Å². The lowest BCUT2D eigenvalue weighted by molar-refractivity contribution is -0.144. The molecule has 23 heteroatoms. The van der Waals surface area contributed by atoms with Gasteiger partial charge in [-0.15, -0.1) is 0 Å². The molecule has 1 heterocycles. The Morgan fingerprint density at radius 2 is 1.44 bits per heavy atom. The van der Waals surface area contributed by atoms with Crippen molar-refractivity contribution < 1.29 is 67.4 Å². The normalized spacial score (nSPS) is 17.1. The minimum Gasteiger partial charge on any atom is -0.480 e. The zero-order chi connectivity index (χ0) is 44.8. The maximum absolute atomic E-state index is 14.1. The lowest BCUT2D eigenvalue weighted by atomic mass is 10.00. The fourth-order valence-electron chi connectivity index (χ4n) is 6.23. The highest BCUT2D eigenvalue weighted by Crippen LogP contribution is 2.37. The molecule has 330 valence electrons. The number of nitrogens with two attached hydrogens (primary N) is 2. The maximum Gasteiger partial charge on any atom is 0.524 e. The fraction of sp³-hybridized carbons (Fsp3) is 0.611. The Hall–Kier alpha value is -5.15. The fourth-order valence-corrected chi connectivity index (χ4v) is 6.63. The summed E-state index contributed by atoms with van der Waals surface area (Å²) in [6, 6.07) is -2.79. The second-order valence-electron chi connectivity index (χ2n) is 15.0. The summed E-state index contributed by atoms with van der Waals surface area (Å²) >= 11 is 0. The highest BCUT2D eigenvalue weighted by Gasteiger charge is 2.40. The van der Waals surface area contributed by atoms with Gasteiger partial charge in [-0.25, -0.2) is 9.36 Å². The monoisotopic (exact) mass is 856 g/mol. The molecule has 1 aliphatic heterocycles. The topological polar surface area (TPSA) is 359 Å². The number of aliphatic hydroxyl groups is 1. The number of rotatable bonds is 23. The van der Waals surface area contributed by atoms with Crippen LogP contribution in [0, 0.1) is 11.8 Å². The van der Waals surface area contributed by atoms with Gasteiger partial charge in [0.05, 0.1) is 12.6 Å². The van der Waals surface area contributed by atoms with Gasteiger partial charge < -0.3 is 57.7 Å². The number of nitrogens with zero attached hydrogens (tertiary/aromatic N) is 1. The molecule has 0 aromatic heterocycles. The predicted octanol–water partition coefficient (Wildman–Crippen LogP) is -2.49. The number of hydrogen-bond donors (Lipinski definition) is 11. The van der Waals surface area contributed by atoms with Gasteiger partial charge in [-0.2, -0.15) is 0 Å². The van der Waals surface area contributed by atoms with E-state index in [0.29, 0.717) is 12.0 Å². The Kier molecular flexibility index (Phi) is 19.4. The first-order valence-electron chi connectivity index (χ1n) is 19.0. The summed E-state index contributed by atoms with van der Waals surface area (Å²) in [6.45, 7) is 7.47. The van der Waals surface area contributed by atoms with Crippen molar-refractivity contribution in [1.82, 2.24) is 31.5 Å². The van der Waals surface area contributed by atoms with Crippen molar-refractivity contribution in [3.63, 3.8) is 0 Å². The van der Waals surface area contributed by atoms with Crippen molar-refractivity contribution in [2.75, 3.05) is 13.1 Å². The molecule has 2 rings (SSSR count). The van der Waals surface area contributed by atoms with E-state index in [1.807, 2.05) is 0 Å². The number of amides is 7. The van der Waals surface area contributed by atoms with Gasteiger partial charge in [-0.1, -0.05) is 39.8 Å². The first-order valence-corrected chi connectivity index (χ1v) is 20.5. The number of phosphoric ester groups is 1. The number of hydrogen-bond acceptors (Lipinski definition) is 12. The lowest BCUT2D eigenvalue weighted by Gasteiger charge is -2.31. The van der Waals surface area contributed by atoms with Crippen LogP contribution in [0.1, 0.15) is 72.3 Å². The summed E-state index contributed by atoms with van der Waals surface area (Å²) in [5, 5.41) is 32.1. The number of nitrogens with one attached hydrogen (secondary N) is 5. The van der Waals surface area contributed by atoms with Crippen molar-refractivity contribution >= 4 is 55.1 Å². The molecule has 59 heavy (non-hydrogen) atoms. The molecular formula is C36H57N8O14P. The lowest BCUT2D eigenvalue weighted by Crippen LogP contribution is -2.61. The zero-order valence-corrected chi connectivity index (χ0v) is 34.5. The van der Waals surface area contributed by atoms with E-state index in [0.717, 1.165) is 0 Å². The molecule has 0 saturated carbocycles. The second kappa shape index (κ2) is 22.9. The minimum absolute atomic E-state index is 0.0841. The number of likely N-dealkylation sites (tertiary alicyclic amines) is 1. The third kappa shape index (κ3) is 16.6. The number of aliphatic hydroxyl groups excluding tert-OH is 1. The molecule has 0 radical (unpaired) electrons. The number of aliphatic carboxylic acids is 1. The summed E-state index contributed by atoms with van der Waals surface area (Å²) in [4.78, 5) is 123. The first-order chi connectivity index (χ1) is 27.4. The Balaban J connectivity index is 2.32. The molecular weight excluding hydrogens is 799 g/mol. The summed E-state index contributed by atoms with van der Waals surface area (Å²) in [7, 11) is -4.83. The molecule has 0 aliphatic carbocycles. The zero-order valence-electron chi connectivity index (χ0n) is 33.6. The summed E-state index contributed by atoms with van der Waals surface area (Å²) in [5.41, 5.74) is 11.2. The van der Waals surface area contributed by atoms with E-state index in [-0.39, 0.29) is 50.3 Å². The van der Waals surface area contributed by atoms with Gasteiger partial charge in [-0.3, -0.25) is 43.3 Å². The van der Waals surface area contributed by atoms with Gasteiger partial charge >= 0.3 is 13.8 Å². The molecule has 0 unspecified atom stereocenters. The van der Waals surface area contributed by atoms with Gasteiger partial charge in [0, 0.05) is 19.4 Å². The third-order valence-corrected chi connectivity index (χ3v) is 9.64. The minimum atomic E-state index is -4.83. The standard InChI is InChI=1S/C36H57N8O14P/c1-18(2)15-25(41-32(49)24(39-28(47)17-37)16-21-8-10-22(11-9-21)58-59(55,56)57)35(52)44-14-6-7-26(44)33(50)40-23(12-13-27(38)46)31(48)43-30(20(5)45)34(51)42-29(19(3)4)36(53)54/h8-11,18-20,23-26,29-30,45H,6-7,12-17,37H2,1-5H3,(H2,38,46)(H,39,47)(H,40,50)(H,41,49)(H,42,51)(H,43,48)(H,53,54)(H2,55,56,57)/t20-,23+,24+,25+,26+,29+,30+/m1/s1. The van der Waals surface area contributed by atoms with Crippen LogP contribution in [-0.4, -0.2) is 128 Å². The van der Waals surface area contributed by atoms with Crippen LogP contribution in [0.2, 0.25) is 0 Å². The van der Waals surface area contributed by atoms with Crippen molar-refractivity contribution in [2.45, 2.75) is 115 Å². The van der Waals surface area contributed by atoms with Crippen LogP contribution >= 0.6 is 7.82 Å². The Morgan fingerprint density at radius 3 is 1.95 bits per heavy atom. The van der Waals surface area contributed by atoms with Gasteiger partial charge in [0.2, 0.25) is 41.4 Å². The van der Waals surface area contributed by atoms with Crippen LogP contribution in [0.4, 0.5) is 0 Å². The molecule has 0 spiro atoms. The molecule has 1 aliphatic rings. The molecule has 1 aromatic carbocycles. The Bertz CT molecular complexity index is 1720. The smallest absolute Gasteiger partial charge is 0.480 e. The van der Waals surface area contributed by atoms with E-state index in [9.17, 15) is 53.1 Å². The van der Waals surface area contributed by atoms with Crippen LogP contribution in [0.25, 0.3) is 0 Å². The SMILES string of the molecule is CC(C)C[C@H](NC(=O)[C@H](Cc1ccc(OP(=O)(O)O)cc1)NC(=O)CN)C(=O)N1CCC[C@H]1C(=O)N[C@@H](CCC(N)=O)C(=O)N[C@H](C(=O)N[C@H](C(=O)O)C(C)C)[C@@H](C)O. The van der Waals surface area contributed by atoms with Crippen LogP contribution < -0.4 is 42.6 Å². The van der Waals surface area contributed by atoms with E-state index in [4.69, 9.17) is 21.3 Å². The van der Waals surface area contributed by atoms with Crippen molar-refractivity contribution in [2.24, 2.45) is 23.3 Å². The average molecular weight is 857 g/mol. The number of primary amides is 1. The highest BCUT2D eigenvalue weighted by atomic mass is 31.2. The molecule has 1 saturated heterocycles. The van der Waals surface area contributed by atoms with Crippen LogP contribution in [0.15, 0.2) is 24.3 Å². The van der Waals surface area contributed by atoms with E-state index >= 15 is 0 Å². The quantitative estimate of drug-likeness (QED) is 0.0507. The van der Waals surface area contributed by atoms with Gasteiger partial charge in [0.15, 0.2) is 0 Å². The number of carbonyl (C=O) groups is 8. The molecule has 22 nitrogen and oxygen atoms in total. The molecule has 0 bridgehead atoms. The molecule has 1 aromatic rings. The average Bonchev–Trinajstić information content (AvgIpc) is 3.63. The van der Waals surface area contributed by atoms with Crippen molar-refractivity contribution in [3.8, 4) is 5.75 Å². The number of carboxylic acids is 1. The largest absolute Gasteiger partial charge is 0.524 e. The van der Waals surface area contributed by atoms with Crippen molar-refractivity contribution in [3.05, 3.63) is 29.8 Å². The summed E-state index contributed by atoms with van der Waals surface area (Å²) in [5.74, 6) is -7.97. The third-order valence-electron chi connectivity index (χ3n) is 9.19.